The molecule has 4 nitrogen and oxygen atoms in total. The van der Waals surface area contributed by atoms with Crippen LogP contribution in [0, 0.1) is 11.7 Å². The molecule has 6 heteroatoms. The standard InChI is InChI=1S/C17H21F2NO3/c1-11-20-17(10-18,12-4-2-3-5-13(12)19)16-14(6-8-21)22-9-7-15(16)23-11/h2-5,14-16,21H,6-10H2,1H3/t14-,15+,16-,17+/m0/s1. The summed E-state index contributed by atoms with van der Waals surface area (Å²) in [6.45, 7) is 1.20. The second-order valence-electron chi connectivity index (χ2n) is 6.06. The van der Waals surface area contributed by atoms with Crippen molar-refractivity contribution in [1.29, 1.82) is 0 Å². The summed E-state index contributed by atoms with van der Waals surface area (Å²) in [5.41, 5.74) is -1.16. The van der Waals surface area contributed by atoms with E-state index in [4.69, 9.17) is 9.47 Å². The largest absolute Gasteiger partial charge is 0.477 e. The molecule has 0 bridgehead atoms. The summed E-state index contributed by atoms with van der Waals surface area (Å²) < 4.78 is 40.3. The zero-order valence-electron chi connectivity index (χ0n) is 13.0. The van der Waals surface area contributed by atoms with Crippen molar-refractivity contribution in [1.82, 2.24) is 0 Å². The number of aliphatic hydroxyl groups excluding tert-OH is 1. The number of ether oxygens (including phenoxy) is 2. The first kappa shape index (κ1) is 16.3. The lowest BCUT2D eigenvalue weighted by Gasteiger charge is -2.49. The third-order valence-electron chi connectivity index (χ3n) is 4.72. The molecule has 0 amide bonds. The molecule has 1 N–H and O–H groups in total. The Bertz CT molecular complexity index is 593. The predicted octanol–water partition coefficient (Wildman–Crippen LogP) is 2.60. The van der Waals surface area contributed by atoms with E-state index in [1.807, 2.05) is 0 Å². The van der Waals surface area contributed by atoms with Crippen LogP contribution in [0.2, 0.25) is 0 Å². The van der Waals surface area contributed by atoms with Gasteiger partial charge < -0.3 is 14.6 Å². The lowest BCUT2D eigenvalue weighted by atomic mass is 9.70. The minimum Gasteiger partial charge on any atom is -0.477 e. The van der Waals surface area contributed by atoms with E-state index in [1.165, 1.54) is 6.07 Å². The molecule has 0 aromatic heterocycles. The summed E-state index contributed by atoms with van der Waals surface area (Å²) in [7, 11) is 0. The monoisotopic (exact) mass is 325 g/mol. The second kappa shape index (κ2) is 6.53. The summed E-state index contributed by atoms with van der Waals surface area (Å²) in [5.74, 6) is -0.610. The van der Waals surface area contributed by atoms with Gasteiger partial charge in [0.1, 0.15) is 24.1 Å². The van der Waals surface area contributed by atoms with Crippen molar-refractivity contribution in [3.63, 3.8) is 0 Å². The summed E-state index contributed by atoms with van der Waals surface area (Å²) in [5, 5.41) is 9.30. The zero-order chi connectivity index (χ0) is 16.4. The molecule has 1 aromatic rings. The lowest BCUT2D eigenvalue weighted by Crippen LogP contribution is -2.57. The van der Waals surface area contributed by atoms with E-state index in [0.29, 0.717) is 25.3 Å². The topological polar surface area (TPSA) is 51.1 Å². The van der Waals surface area contributed by atoms with Gasteiger partial charge in [-0.3, -0.25) is 0 Å². The van der Waals surface area contributed by atoms with Crippen LogP contribution in [-0.2, 0) is 15.0 Å². The van der Waals surface area contributed by atoms with Crippen LogP contribution in [0.15, 0.2) is 29.3 Å². The molecular weight excluding hydrogens is 304 g/mol. The first-order valence-electron chi connectivity index (χ1n) is 7.89. The maximum Gasteiger partial charge on any atom is 0.181 e. The van der Waals surface area contributed by atoms with Crippen LogP contribution in [-0.4, -0.2) is 43.1 Å². The fraction of sp³-hybridized carbons (Fsp3) is 0.588. The van der Waals surface area contributed by atoms with Crippen LogP contribution in [0.25, 0.3) is 0 Å². The smallest absolute Gasteiger partial charge is 0.181 e. The quantitative estimate of drug-likeness (QED) is 0.926. The Morgan fingerprint density at radius 2 is 2.17 bits per heavy atom. The predicted molar refractivity (Wildman–Crippen MR) is 81.6 cm³/mol. The van der Waals surface area contributed by atoms with Crippen molar-refractivity contribution in [3.8, 4) is 0 Å². The van der Waals surface area contributed by atoms with E-state index in [2.05, 4.69) is 4.99 Å². The maximum atomic E-state index is 14.4. The summed E-state index contributed by atoms with van der Waals surface area (Å²) in [6, 6.07) is 6.13. The fourth-order valence-corrected chi connectivity index (χ4v) is 3.84. The van der Waals surface area contributed by atoms with Crippen LogP contribution in [0.3, 0.4) is 0 Å². The summed E-state index contributed by atoms with van der Waals surface area (Å²) >= 11 is 0. The van der Waals surface area contributed by atoms with Crippen molar-refractivity contribution in [2.24, 2.45) is 10.9 Å². The zero-order valence-corrected chi connectivity index (χ0v) is 13.0. The number of hydrogen-bond donors (Lipinski definition) is 1. The maximum absolute atomic E-state index is 14.4. The van der Waals surface area contributed by atoms with Crippen LogP contribution >= 0.6 is 0 Å². The highest BCUT2D eigenvalue weighted by molar-refractivity contribution is 5.75. The van der Waals surface area contributed by atoms with Crippen LogP contribution in [0.4, 0.5) is 8.78 Å². The Labute approximate surface area is 134 Å². The van der Waals surface area contributed by atoms with Gasteiger partial charge in [0.05, 0.1) is 18.6 Å². The Kier molecular flexibility index (Phi) is 4.64. The summed E-state index contributed by atoms with van der Waals surface area (Å²) in [4.78, 5) is 4.40. The Balaban J connectivity index is 2.14. The van der Waals surface area contributed by atoms with Gasteiger partial charge in [0, 0.05) is 25.5 Å². The number of rotatable bonds is 4. The van der Waals surface area contributed by atoms with E-state index in [-0.39, 0.29) is 18.3 Å². The van der Waals surface area contributed by atoms with Crippen molar-refractivity contribution in [2.75, 3.05) is 19.9 Å². The van der Waals surface area contributed by atoms with Crippen molar-refractivity contribution in [3.05, 3.63) is 35.6 Å². The Hall–Kier alpha value is -1.53. The molecular formula is C17H21F2NO3. The van der Waals surface area contributed by atoms with E-state index in [0.717, 1.165) is 0 Å². The Morgan fingerprint density at radius 3 is 2.87 bits per heavy atom. The average Bonchev–Trinajstić information content (AvgIpc) is 2.54. The molecule has 1 fully saturated rings. The van der Waals surface area contributed by atoms with E-state index < -0.39 is 30.1 Å². The van der Waals surface area contributed by atoms with Gasteiger partial charge in [-0.1, -0.05) is 18.2 Å². The molecule has 23 heavy (non-hydrogen) atoms. The van der Waals surface area contributed by atoms with Crippen molar-refractivity contribution >= 4 is 5.90 Å². The molecule has 1 saturated heterocycles. The SMILES string of the molecule is CC1=N[C@](CF)(c2ccccc2F)[C@H]2[C@H](CCO)OCC[C@H]2O1. The molecule has 2 aliphatic heterocycles. The minimum atomic E-state index is -1.38. The molecule has 126 valence electrons. The summed E-state index contributed by atoms with van der Waals surface area (Å²) in [6.07, 6.45) is 0.212. The van der Waals surface area contributed by atoms with E-state index in [1.54, 1.807) is 25.1 Å². The van der Waals surface area contributed by atoms with Gasteiger partial charge in [-0.25, -0.2) is 13.8 Å². The molecule has 0 aliphatic carbocycles. The normalized spacial score (nSPS) is 33.6. The highest BCUT2D eigenvalue weighted by Crippen LogP contribution is 2.47. The first-order chi connectivity index (χ1) is 11.1. The third-order valence-corrected chi connectivity index (χ3v) is 4.72. The Morgan fingerprint density at radius 1 is 1.39 bits per heavy atom. The average molecular weight is 325 g/mol. The van der Waals surface area contributed by atoms with Crippen LogP contribution in [0.1, 0.15) is 25.3 Å². The van der Waals surface area contributed by atoms with Gasteiger partial charge >= 0.3 is 0 Å². The molecule has 0 radical (unpaired) electrons. The molecule has 4 atom stereocenters. The lowest BCUT2D eigenvalue weighted by molar-refractivity contribution is -0.133. The molecule has 2 aliphatic rings. The number of nitrogens with zero attached hydrogens (tertiary/aromatic N) is 1. The van der Waals surface area contributed by atoms with Crippen LogP contribution < -0.4 is 0 Å². The highest BCUT2D eigenvalue weighted by atomic mass is 19.1. The van der Waals surface area contributed by atoms with Gasteiger partial charge in [0.2, 0.25) is 0 Å². The number of alkyl halides is 1. The van der Waals surface area contributed by atoms with Gasteiger partial charge in [0.25, 0.3) is 0 Å². The van der Waals surface area contributed by atoms with Gasteiger partial charge in [-0.05, 0) is 12.5 Å². The molecule has 1 aromatic carbocycles. The number of aliphatic hydroxyl groups is 1. The van der Waals surface area contributed by atoms with Gasteiger partial charge in [-0.15, -0.1) is 0 Å². The second-order valence-corrected chi connectivity index (χ2v) is 6.06. The minimum absolute atomic E-state index is 0.0871. The highest BCUT2D eigenvalue weighted by Gasteiger charge is 2.55. The number of benzene rings is 1. The third kappa shape index (κ3) is 2.74. The van der Waals surface area contributed by atoms with Gasteiger partial charge in [0.15, 0.2) is 5.90 Å². The first-order valence-corrected chi connectivity index (χ1v) is 7.89. The molecule has 0 spiro atoms. The molecule has 3 rings (SSSR count). The van der Waals surface area contributed by atoms with E-state index >= 15 is 0 Å². The van der Waals surface area contributed by atoms with Crippen LogP contribution in [0.5, 0.6) is 0 Å². The van der Waals surface area contributed by atoms with E-state index in [9.17, 15) is 13.9 Å². The van der Waals surface area contributed by atoms with Gasteiger partial charge in [-0.2, -0.15) is 0 Å². The molecule has 0 unspecified atom stereocenters. The molecule has 2 heterocycles. The van der Waals surface area contributed by atoms with Crippen molar-refractivity contribution in [2.45, 2.75) is 37.5 Å². The van der Waals surface area contributed by atoms with Crippen molar-refractivity contribution < 1.29 is 23.4 Å². The number of hydrogen-bond acceptors (Lipinski definition) is 4. The molecule has 0 saturated carbocycles. The number of halogens is 2. The fourth-order valence-electron chi connectivity index (χ4n) is 3.84. The number of fused-ring (bicyclic) bond motifs is 1. The number of aliphatic imine (C=N–C) groups is 1.